The molecule has 0 spiro atoms. The number of benzene rings is 3. The van der Waals surface area contributed by atoms with E-state index < -0.39 is 0 Å². The molecule has 1 aliphatic heterocycles. The highest BCUT2D eigenvalue weighted by Crippen LogP contribution is 2.41. The summed E-state index contributed by atoms with van der Waals surface area (Å²) in [7, 11) is 0. The third kappa shape index (κ3) is 3.31. The Morgan fingerprint density at radius 3 is 2.71 bits per heavy atom. The van der Waals surface area contributed by atoms with Crippen molar-refractivity contribution < 1.29 is 9.59 Å². The number of fused-ring (bicyclic) bond motifs is 2. The molecule has 1 fully saturated rings. The third-order valence-electron chi connectivity index (χ3n) is 5.57. The van der Waals surface area contributed by atoms with E-state index in [0.717, 1.165) is 24.1 Å². The molecule has 5 rings (SSSR count). The topological polar surface area (TPSA) is 70.2 Å². The van der Waals surface area contributed by atoms with E-state index in [9.17, 15) is 9.59 Å². The predicted octanol–water partition coefficient (Wildman–Crippen LogP) is 4.40. The first-order chi connectivity index (χ1) is 13.7. The SMILES string of the molecule is O=C1CCc2ccc(NC(=O)N[C@@H]3C[C@H]3c3ccc4ccccc4c3)cc2N1. The zero-order valence-corrected chi connectivity index (χ0v) is 15.4. The molecule has 2 aliphatic rings. The monoisotopic (exact) mass is 371 g/mol. The molecule has 0 aromatic heterocycles. The molecule has 2 atom stereocenters. The van der Waals surface area contributed by atoms with Crippen LogP contribution in [0, 0.1) is 0 Å². The Bertz CT molecular complexity index is 1090. The fraction of sp³-hybridized carbons (Fsp3) is 0.217. The standard InChI is InChI=1S/C23H21N3O2/c27-22-10-8-15-7-9-18(12-20(15)25-22)24-23(28)26-21-13-19(21)17-6-5-14-3-1-2-4-16(14)11-17/h1-7,9,11-12,19,21H,8,10,13H2,(H,25,27)(H2,24,26,28)/t19-,21+/m0/s1. The van der Waals surface area contributed by atoms with Crippen molar-refractivity contribution >= 4 is 34.1 Å². The summed E-state index contributed by atoms with van der Waals surface area (Å²) >= 11 is 0. The van der Waals surface area contributed by atoms with Crippen LogP contribution in [0.25, 0.3) is 10.8 Å². The number of carbonyl (C=O) groups excluding carboxylic acids is 2. The molecule has 0 radical (unpaired) electrons. The second kappa shape index (κ2) is 6.68. The summed E-state index contributed by atoms with van der Waals surface area (Å²) in [5, 5.41) is 11.2. The molecule has 0 saturated heterocycles. The molecule has 1 heterocycles. The Balaban J connectivity index is 1.22. The molecule has 28 heavy (non-hydrogen) atoms. The summed E-state index contributed by atoms with van der Waals surface area (Å²) in [4.78, 5) is 23.9. The number of aryl methyl sites for hydroxylation is 1. The molecule has 0 bridgehead atoms. The van der Waals surface area contributed by atoms with Crippen LogP contribution < -0.4 is 16.0 Å². The van der Waals surface area contributed by atoms with E-state index in [1.807, 2.05) is 30.3 Å². The van der Waals surface area contributed by atoms with Gasteiger partial charge in [-0.3, -0.25) is 4.79 Å². The van der Waals surface area contributed by atoms with Crippen LogP contribution in [0.1, 0.15) is 29.9 Å². The molecule has 5 heteroatoms. The number of nitrogens with one attached hydrogen (secondary N) is 3. The molecule has 140 valence electrons. The predicted molar refractivity (Wildman–Crippen MR) is 111 cm³/mol. The van der Waals surface area contributed by atoms with Crippen molar-refractivity contribution in [2.45, 2.75) is 31.2 Å². The Morgan fingerprint density at radius 1 is 0.964 bits per heavy atom. The molecule has 3 amide bonds. The van der Waals surface area contributed by atoms with Crippen molar-refractivity contribution in [1.29, 1.82) is 0 Å². The van der Waals surface area contributed by atoms with Crippen molar-refractivity contribution in [2.24, 2.45) is 0 Å². The lowest BCUT2D eigenvalue weighted by molar-refractivity contribution is -0.116. The largest absolute Gasteiger partial charge is 0.334 e. The van der Waals surface area contributed by atoms with Crippen molar-refractivity contribution in [3.8, 4) is 0 Å². The molecule has 5 nitrogen and oxygen atoms in total. The Morgan fingerprint density at radius 2 is 1.82 bits per heavy atom. The zero-order valence-electron chi connectivity index (χ0n) is 15.4. The summed E-state index contributed by atoms with van der Waals surface area (Å²) in [5.41, 5.74) is 3.83. The average Bonchev–Trinajstić information content (AvgIpc) is 3.46. The second-order valence-electron chi connectivity index (χ2n) is 7.57. The highest BCUT2D eigenvalue weighted by Gasteiger charge is 2.39. The number of anilines is 2. The highest BCUT2D eigenvalue weighted by atomic mass is 16.2. The maximum absolute atomic E-state index is 12.4. The van der Waals surface area contributed by atoms with E-state index in [1.165, 1.54) is 16.3 Å². The van der Waals surface area contributed by atoms with E-state index in [0.29, 0.717) is 18.0 Å². The van der Waals surface area contributed by atoms with Crippen molar-refractivity contribution in [3.05, 3.63) is 71.8 Å². The lowest BCUT2D eigenvalue weighted by atomic mass is 10.0. The van der Waals surface area contributed by atoms with Gasteiger partial charge in [-0.15, -0.1) is 0 Å². The summed E-state index contributed by atoms with van der Waals surface area (Å²) in [6.07, 6.45) is 2.20. The van der Waals surface area contributed by atoms with Gasteiger partial charge in [-0.1, -0.05) is 48.5 Å². The minimum absolute atomic E-state index is 0.0188. The van der Waals surface area contributed by atoms with Gasteiger partial charge in [0.05, 0.1) is 0 Å². The summed E-state index contributed by atoms with van der Waals surface area (Å²) in [5.74, 6) is 0.378. The average molecular weight is 371 g/mol. The minimum Gasteiger partial charge on any atom is -0.334 e. The van der Waals surface area contributed by atoms with Crippen LogP contribution in [0.5, 0.6) is 0 Å². The van der Waals surface area contributed by atoms with Gasteiger partial charge in [0.15, 0.2) is 0 Å². The lowest BCUT2D eigenvalue weighted by Crippen LogP contribution is -2.31. The van der Waals surface area contributed by atoms with Gasteiger partial charge in [-0.2, -0.15) is 0 Å². The second-order valence-corrected chi connectivity index (χ2v) is 7.57. The van der Waals surface area contributed by atoms with E-state index in [4.69, 9.17) is 0 Å². The first kappa shape index (κ1) is 16.8. The minimum atomic E-state index is -0.213. The molecular formula is C23H21N3O2. The maximum atomic E-state index is 12.4. The number of carbonyl (C=O) groups is 2. The maximum Gasteiger partial charge on any atom is 0.319 e. The fourth-order valence-electron chi connectivity index (χ4n) is 3.95. The van der Waals surface area contributed by atoms with E-state index in [2.05, 4.69) is 46.3 Å². The van der Waals surface area contributed by atoms with Crippen molar-refractivity contribution in [1.82, 2.24) is 5.32 Å². The number of hydrogen-bond acceptors (Lipinski definition) is 2. The fourth-order valence-corrected chi connectivity index (χ4v) is 3.95. The molecular weight excluding hydrogens is 350 g/mol. The number of urea groups is 1. The van der Waals surface area contributed by atoms with Gasteiger partial charge in [0.25, 0.3) is 0 Å². The van der Waals surface area contributed by atoms with Crippen LogP contribution >= 0.6 is 0 Å². The van der Waals surface area contributed by atoms with Gasteiger partial charge < -0.3 is 16.0 Å². The molecule has 1 saturated carbocycles. The number of hydrogen-bond donors (Lipinski definition) is 3. The van der Waals surface area contributed by atoms with E-state index in [-0.39, 0.29) is 18.0 Å². The molecule has 3 aromatic rings. The number of rotatable bonds is 3. The summed E-state index contributed by atoms with van der Waals surface area (Å²) < 4.78 is 0. The highest BCUT2D eigenvalue weighted by molar-refractivity contribution is 5.96. The van der Waals surface area contributed by atoms with Gasteiger partial charge in [-0.25, -0.2) is 4.79 Å². The van der Waals surface area contributed by atoms with Gasteiger partial charge in [0, 0.05) is 29.8 Å². The molecule has 3 aromatic carbocycles. The zero-order chi connectivity index (χ0) is 19.1. The van der Waals surface area contributed by atoms with Gasteiger partial charge in [0.2, 0.25) is 5.91 Å². The van der Waals surface area contributed by atoms with E-state index >= 15 is 0 Å². The van der Waals surface area contributed by atoms with Crippen molar-refractivity contribution in [3.63, 3.8) is 0 Å². The smallest absolute Gasteiger partial charge is 0.319 e. The molecule has 0 unspecified atom stereocenters. The van der Waals surface area contributed by atoms with Gasteiger partial charge >= 0.3 is 6.03 Å². The summed E-state index contributed by atoms with van der Waals surface area (Å²) in [6.45, 7) is 0. The van der Waals surface area contributed by atoms with Crippen LogP contribution in [0.2, 0.25) is 0 Å². The first-order valence-corrected chi connectivity index (χ1v) is 9.65. The Hall–Kier alpha value is -3.34. The van der Waals surface area contributed by atoms with Gasteiger partial charge in [-0.05, 0) is 46.9 Å². The van der Waals surface area contributed by atoms with Crippen LogP contribution in [-0.2, 0) is 11.2 Å². The van der Waals surface area contributed by atoms with Crippen LogP contribution in [0.15, 0.2) is 60.7 Å². The third-order valence-corrected chi connectivity index (χ3v) is 5.57. The van der Waals surface area contributed by atoms with Crippen molar-refractivity contribution in [2.75, 3.05) is 10.6 Å². The number of amides is 3. The molecule has 3 N–H and O–H groups in total. The normalized spacial score (nSPS) is 20.2. The van der Waals surface area contributed by atoms with Gasteiger partial charge in [0.1, 0.15) is 0 Å². The van der Waals surface area contributed by atoms with Crippen LogP contribution in [0.3, 0.4) is 0 Å². The summed E-state index contributed by atoms with van der Waals surface area (Å²) in [6, 6.07) is 20.4. The quantitative estimate of drug-likeness (QED) is 0.638. The van der Waals surface area contributed by atoms with E-state index in [1.54, 1.807) is 0 Å². The first-order valence-electron chi connectivity index (χ1n) is 9.65. The Kier molecular flexibility index (Phi) is 4.01. The Labute approximate surface area is 163 Å². The lowest BCUT2D eigenvalue weighted by Gasteiger charge is -2.18. The molecule has 1 aliphatic carbocycles. The van der Waals surface area contributed by atoms with Crippen LogP contribution in [-0.4, -0.2) is 18.0 Å². The van der Waals surface area contributed by atoms with Crippen LogP contribution in [0.4, 0.5) is 16.2 Å².